The second-order valence-corrected chi connectivity index (χ2v) is 6.37. The van der Waals surface area contributed by atoms with Crippen LogP contribution in [-0.4, -0.2) is 43.3 Å². The third kappa shape index (κ3) is 2.90. The molecule has 2 saturated heterocycles. The lowest BCUT2D eigenvalue weighted by molar-refractivity contribution is 0.00943. The van der Waals surface area contributed by atoms with Crippen molar-refractivity contribution in [2.45, 2.75) is 31.9 Å². The van der Waals surface area contributed by atoms with Gasteiger partial charge >= 0.3 is 6.09 Å². The molecule has 5 nitrogen and oxygen atoms in total. The number of rotatable bonds is 4. The molecule has 0 aromatic heterocycles. The molecular weight excluding hydrogens is 280 g/mol. The Bertz CT molecular complexity index is 542. The Balaban J connectivity index is 1.71. The number of ether oxygens (including phenoxy) is 2. The van der Waals surface area contributed by atoms with Gasteiger partial charge in [-0.2, -0.15) is 0 Å². The summed E-state index contributed by atoms with van der Waals surface area (Å²) < 4.78 is 11.1. The van der Waals surface area contributed by atoms with Gasteiger partial charge in [0, 0.05) is 11.5 Å². The molecule has 1 unspecified atom stereocenters. The Labute approximate surface area is 131 Å². The van der Waals surface area contributed by atoms with Crippen molar-refractivity contribution in [2.24, 2.45) is 5.92 Å². The van der Waals surface area contributed by atoms with Crippen molar-refractivity contribution in [3.05, 3.63) is 29.8 Å². The molecule has 120 valence electrons. The van der Waals surface area contributed by atoms with Gasteiger partial charge in [0.2, 0.25) is 0 Å². The molecule has 1 aromatic rings. The summed E-state index contributed by atoms with van der Waals surface area (Å²) in [5, 5.41) is 3.36. The topological polar surface area (TPSA) is 50.8 Å². The van der Waals surface area contributed by atoms with Crippen molar-refractivity contribution in [2.75, 3.05) is 26.7 Å². The summed E-state index contributed by atoms with van der Waals surface area (Å²) >= 11 is 0. The van der Waals surface area contributed by atoms with E-state index in [1.807, 2.05) is 24.3 Å². The summed E-state index contributed by atoms with van der Waals surface area (Å²) in [6.45, 7) is 5.26. The van der Waals surface area contributed by atoms with Crippen LogP contribution in [0.1, 0.15) is 25.3 Å². The molecule has 2 aliphatic rings. The maximum absolute atomic E-state index is 12.3. The van der Waals surface area contributed by atoms with Crippen LogP contribution < -0.4 is 10.1 Å². The highest BCUT2D eigenvalue weighted by Crippen LogP contribution is 2.36. The van der Waals surface area contributed by atoms with Crippen LogP contribution in [0.2, 0.25) is 0 Å². The first-order valence-electron chi connectivity index (χ1n) is 7.93. The number of para-hydroxylation sites is 1. The van der Waals surface area contributed by atoms with Gasteiger partial charge in [0.25, 0.3) is 0 Å². The maximum atomic E-state index is 12.3. The van der Waals surface area contributed by atoms with E-state index >= 15 is 0 Å². The normalized spacial score (nSPS) is 26.1. The van der Waals surface area contributed by atoms with Crippen LogP contribution in [0, 0.1) is 5.92 Å². The Morgan fingerprint density at radius 2 is 2.09 bits per heavy atom. The van der Waals surface area contributed by atoms with E-state index in [4.69, 9.17) is 9.47 Å². The van der Waals surface area contributed by atoms with Crippen LogP contribution in [0.15, 0.2) is 24.3 Å². The van der Waals surface area contributed by atoms with Gasteiger partial charge in [0.1, 0.15) is 11.4 Å². The van der Waals surface area contributed by atoms with Gasteiger partial charge in [-0.3, -0.25) is 4.90 Å². The molecule has 1 N–H and O–H groups in total. The summed E-state index contributed by atoms with van der Waals surface area (Å²) in [6, 6.07) is 7.81. The smallest absolute Gasteiger partial charge is 0.410 e. The Morgan fingerprint density at radius 3 is 2.82 bits per heavy atom. The van der Waals surface area contributed by atoms with Crippen molar-refractivity contribution in [3.63, 3.8) is 0 Å². The second kappa shape index (κ2) is 6.16. The number of methoxy groups -OCH3 is 1. The zero-order valence-corrected chi connectivity index (χ0v) is 13.3. The van der Waals surface area contributed by atoms with E-state index in [2.05, 4.69) is 12.2 Å². The molecule has 0 saturated carbocycles. The minimum atomic E-state index is -0.374. The number of nitrogens with zero attached hydrogens (tertiary/aromatic N) is 1. The van der Waals surface area contributed by atoms with E-state index in [1.165, 1.54) is 0 Å². The lowest BCUT2D eigenvalue weighted by atomic mass is 9.82. The lowest BCUT2D eigenvalue weighted by Crippen LogP contribution is -2.44. The molecule has 22 heavy (non-hydrogen) atoms. The number of piperidine rings is 1. The molecule has 3 rings (SSSR count). The van der Waals surface area contributed by atoms with Gasteiger partial charge in [-0.15, -0.1) is 0 Å². The van der Waals surface area contributed by atoms with Crippen LogP contribution in [0.25, 0.3) is 0 Å². The fourth-order valence-corrected chi connectivity index (χ4v) is 3.54. The first-order valence-corrected chi connectivity index (χ1v) is 7.93. The lowest BCUT2D eigenvalue weighted by Gasteiger charge is -2.34. The number of amides is 1. The van der Waals surface area contributed by atoms with Crippen LogP contribution in [-0.2, 0) is 11.3 Å². The highest BCUT2D eigenvalue weighted by Gasteiger charge is 2.47. The number of benzene rings is 1. The van der Waals surface area contributed by atoms with Crippen LogP contribution in [0.4, 0.5) is 4.79 Å². The fraction of sp³-hybridized carbons (Fsp3) is 0.588. The van der Waals surface area contributed by atoms with Gasteiger partial charge in [-0.1, -0.05) is 18.2 Å². The maximum Gasteiger partial charge on any atom is 0.410 e. The number of carbonyl (C=O) groups excluding carboxylic acids is 1. The highest BCUT2D eigenvalue weighted by molar-refractivity contribution is 5.71. The molecule has 1 aromatic carbocycles. The van der Waals surface area contributed by atoms with Crippen molar-refractivity contribution in [1.82, 2.24) is 10.2 Å². The summed E-state index contributed by atoms with van der Waals surface area (Å²) in [4.78, 5) is 14.1. The van der Waals surface area contributed by atoms with E-state index in [9.17, 15) is 4.79 Å². The largest absolute Gasteiger partial charge is 0.496 e. The number of cyclic esters (lactones) is 1. The van der Waals surface area contributed by atoms with Crippen molar-refractivity contribution in [3.8, 4) is 5.75 Å². The molecule has 5 heteroatoms. The van der Waals surface area contributed by atoms with Gasteiger partial charge in [0.05, 0.1) is 20.2 Å². The SMILES string of the molecule is COc1ccccc1CN1CC(C)(C2CCNCC2)OC1=O. The summed E-state index contributed by atoms with van der Waals surface area (Å²) in [5.41, 5.74) is 0.637. The average molecular weight is 304 g/mol. The first kappa shape index (κ1) is 15.2. The third-order valence-electron chi connectivity index (χ3n) is 4.84. The molecule has 2 fully saturated rings. The van der Waals surface area contributed by atoms with Crippen molar-refractivity contribution < 1.29 is 14.3 Å². The van der Waals surface area contributed by atoms with Crippen molar-refractivity contribution >= 4 is 6.09 Å². The monoisotopic (exact) mass is 304 g/mol. The highest BCUT2D eigenvalue weighted by atomic mass is 16.6. The zero-order valence-electron chi connectivity index (χ0n) is 13.3. The van der Waals surface area contributed by atoms with E-state index < -0.39 is 0 Å². The average Bonchev–Trinajstić information content (AvgIpc) is 2.84. The minimum absolute atomic E-state index is 0.216. The molecule has 1 amide bonds. The molecule has 0 aliphatic carbocycles. The third-order valence-corrected chi connectivity index (χ3v) is 4.84. The summed E-state index contributed by atoms with van der Waals surface area (Å²) in [6.07, 6.45) is 1.91. The first-order chi connectivity index (χ1) is 10.6. The van der Waals surface area contributed by atoms with E-state index in [1.54, 1.807) is 12.0 Å². The standard InChI is InChI=1S/C17H24N2O3/c1-17(14-7-9-18-10-8-14)12-19(16(20)22-17)11-13-5-3-4-6-15(13)21-2/h3-6,14,18H,7-12H2,1-2H3. The van der Waals surface area contributed by atoms with Gasteiger partial charge in [-0.25, -0.2) is 4.79 Å². The fourth-order valence-electron chi connectivity index (χ4n) is 3.54. The molecule has 1 atom stereocenters. The predicted molar refractivity (Wildman–Crippen MR) is 83.9 cm³/mol. The zero-order chi connectivity index (χ0) is 15.6. The molecular formula is C17H24N2O3. The Hall–Kier alpha value is -1.75. The predicted octanol–water partition coefficient (Wildman–Crippen LogP) is 2.41. The van der Waals surface area contributed by atoms with Crippen LogP contribution >= 0.6 is 0 Å². The quantitative estimate of drug-likeness (QED) is 0.928. The van der Waals surface area contributed by atoms with Gasteiger partial charge in [0.15, 0.2) is 0 Å². The number of hydrogen-bond donors (Lipinski definition) is 1. The van der Waals surface area contributed by atoms with Gasteiger partial charge in [-0.05, 0) is 38.9 Å². The molecule has 0 spiro atoms. The minimum Gasteiger partial charge on any atom is -0.496 e. The number of carbonyl (C=O) groups is 1. The van der Waals surface area contributed by atoms with Crippen LogP contribution in [0.5, 0.6) is 5.75 Å². The number of nitrogens with one attached hydrogen (secondary N) is 1. The van der Waals surface area contributed by atoms with Crippen molar-refractivity contribution in [1.29, 1.82) is 0 Å². The van der Waals surface area contributed by atoms with E-state index in [0.29, 0.717) is 19.0 Å². The number of hydrogen-bond acceptors (Lipinski definition) is 4. The molecule has 2 heterocycles. The van der Waals surface area contributed by atoms with E-state index in [-0.39, 0.29) is 11.7 Å². The Morgan fingerprint density at radius 1 is 1.36 bits per heavy atom. The molecule has 0 radical (unpaired) electrons. The summed E-state index contributed by atoms with van der Waals surface area (Å²) in [7, 11) is 1.65. The Kier molecular flexibility index (Phi) is 4.25. The summed E-state index contributed by atoms with van der Waals surface area (Å²) in [5.74, 6) is 1.24. The molecule has 0 bridgehead atoms. The van der Waals surface area contributed by atoms with Gasteiger partial charge < -0.3 is 14.8 Å². The van der Waals surface area contributed by atoms with E-state index in [0.717, 1.165) is 37.2 Å². The van der Waals surface area contributed by atoms with Crippen LogP contribution in [0.3, 0.4) is 0 Å². The second-order valence-electron chi connectivity index (χ2n) is 6.37. The molecule has 2 aliphatic heterocycles.